The van der Waals surface area contributed by atoms with Gasteiger partial charge in [0.05, 0.1) is 76.1 Å². The van der Waals surface area contributed by atoms with Gasteiger partial charge in [-0.3, -0.25) is 29.0 Å². The van der Waals surface area contributed by atoms with Gasteiger partial charge < -0.3 is 44.5 Å². The number of Topliss-reactive ketones (excluding diaryl/α,β-unsaturated/α-hetero) is 2. The third-order valence-electron chi connectivity index (χ3n) is 17.3. The first kappa shape index (κ1) is 68.1. The van der Waals surface area contributed by atoms with Crippen molar-refractivity contribution in [2.24, 2.45) is 34.5 Å². The van der Waals surface area contributed by atoms with E-state index in [1.165, 1.54) is 0 Å². The molecule has 21 heteroatoms. The van der Waals surface area contributed by atoms with E-state index in [1.54, 1.807) is 76.0 Å². The van der Waals surface area contributed by atoms with E-state index in [9.17, 15) is 49.5 Å². The summed E-state index contributed by atoms with van der Waals surface area (Å²) in [6.07, 6.45) is 5.24. The highest BCUT2D eigenvalue weighted by molar-refractivity contribution is 7.98. The number of aliphatic hydroxyl groups excluding tert-OH is 5. The maximum atomic E-state index is 13.4. The molecule has 18 nitrogen and oxygen atoms in total. The van der Waals surface area contributed by atoms with E-state index in [0.717, 1.165) is 71.1 Å². The number of thioether (sulfide) groups is 1. The number of esters is 2. The van der Waals surface area contributed by atoms with Crippen LogP contribution < -0.4 is 0 Å². The third kappa shape index (κ3) is 19.2. The number of aryl methyl sites for hydroxylation is 2. The van der Waals surface area contributed by atoms with Crippen molar-refractivity contribution in [1.82, 2.24) is 19.8 Å². The average molecular weight is 1190 g/mol. The van der Waals surface area contributed by atoms with Gasteiger partial charge in [-0.15, -0.1) is 22.7 Å². The molecule has 0 saturated carbocycles. The molecular formula is C60H94N4O14S3. The number of aliphatic hydroxyl groups is 5. The van der Waals surface area contributed by atoms with Crippen LogP contribution >= 0.6 is 34.4 Å². The van der Waals surface area contributed by atoms with Crippen molar-refractivity contribution in [3.05, 3.63) is 43.3 Å². The second-order valence-corrected chi connectivity index (χ2v) is 27.3. The molecule has 456 valence electrons. The van der Waals surface area contributed by atoms with Gasteiger partial charge in [-0.1, -0.05) is 68.2 Å². The first-order valence-electron chi connectivity index (χ1n) is 28.9. The fraction of sp³-hybridized carbons (Fsp3) is 0.750. The van der Waals surface area contributed by atoms with Gasteiger partial charge in [0.1, 0.15) is 37.0 Å². The number of carbonyl (C=O) groups excluding carboxylic acids is 5. The number of nitrogens with zero attached hydrogens (tertiary/aromatic N) is 4. The van der Waals surface area contributed by atoms with Crippen LogP contribution in [0.5, 0.6) is 0 Å². The number of hydrogen-bond acceptors (Lipinski definition) is 21. The fourth-order valence-corrected chi connectivity index (χ4v) is 13.1. The smallest absolute Gasteiger partial charge is 0.458 e. The predicted octanol–water partition coefficient (Wildman–Crippen LogP) is 8.25. The largest absolute Gasteiger partial charge is 0.508 e. The lowest BCUT2D eigenvalue weighted by molar-refractivity contribution is -0.156. The molecule has 16 atom stereocenters. The SMILES string of the molecule is C/C(=C\c1csc(C)n1)C1C[C@H]2[C@@H](CCCC(C)[C@H](O)C(C)C(=O)C(C)(C)C(O)CC(=O)O1)N2CCO.CSCCOC(=O)OCCN1[C@@H]2CCC[C@H](C)[C@H](O)[C@@H](C)C(=O)C(C)(C)[C@@H](O)CC(=O)OC(/C(C)=C/c3csc(C)n3)C[C@@H]21. The van der Waals surface area contributed by atoms with Crippen molar-refractivity contribution >= 4 is 76.2 Å². The number of fused-ring (bicyclic) bond motifs is 2. The number of rotatable bonds is 12. The number of cyclic esters (lactones) is 2. The van der Waals surface area contributed by atoms with Crippen molar-refractivity contribution in [2.75, 3.05) is 44.9 Å². The van der Waals surface area contributed by atoms with Crippen LogP contribution in [0.3, 0.4) is 0 Å². The number of thiazole rings is 2. The average Bonchev–Trinajstić information content (AvgIpc) is 4.24. The molecule has 0 spiro atoms. The van der Waals surface area contributed by atoms with Crippen LogP contribution in [0.2, 0.25) is 0 Å². The zero-order valence-electron chi connectivity index (χ0n) is 50.1. The van der Waals surface area contributed by atoms with Gasteiger partial charge in [0, 0.05) is 78.4 Å². The minimum Gasteiger partial charge on any atom is -0.458 e. The molecule has 81 heavy (non-hydrogen) atoms. The monoisotopic (exact) mass is 1190 g/mol. The number of ketones is 2. The van der Waals surface area contributed by atoms with Crippen molar-refractivity contribution < 1.29 is 68.5 Å². The Hall–Kier alpha value is -3.64. The Balaban J connectivity index is 0.000000302. The van der Waals surface area contributed by atoms with Crippen LogP contribution in [0, 0.1) is 48.3 Å². The molecule has 0 aromatic carbocycles. The Morgan fingerprint density at radius 2 is 1.09 bits per heavy atom. The lowest BCUT2D eigenvalue weighted by Crippen LogP contribution is -2.45. The zero-order valence-corrected chi connectivity index (χ0v) is 52.6. The van der Waals surface area contributed by atoms with E-state index in [1.807, 2.05) is 70.7 Å². The van der Waals surface area contributed by atoms with Crippen LogP contribution in [0.4, 0.5) is 4.79 Å². The van der Waals surface area contributed by atoms with Gasteiger partial charge in [0.15, 0.2) is 0 Å². The molecule has 4 aliphatic rings. The highest BCUT2D eigenvalue weighted by Gasteiger charge is 2.50. The molecule has 5 N–H and O–H groups in total. The second kappa shape index (κ2) is 31.0. The first-order chi connectivity index (χ1) is 38.1. The maximum Gasteiger partial charge on any atom is 0.508 e. The summed E-state index contributed by atoms with van der Waals surface area (Å²) in [7, 11) is 0. The Morgan fingerprint density at radius 3 is 1.47 bits per heavy atom. The van der Waals surface area contributed by atoms with Crippen molar-refractivity contribution in [1.29, 1.82) is 0 Å². The molecule has 0 bridgehead atoms. The van der Waals surface area contributed by atoms with E-state index in [2.05, 4.69) is 19.8 Å². The summed E-state index contributed by atoms with van der Waals surface area (Å²) in [6, 6.07) is 0.700. The van der Waals surface area contributed by atoms with Gasteiger partial charge in [-0.05, 0) is 94.8 Å². The van der Waals surface area contributed by atoms with E-state index < -0.39 is 77.4 Å². The summed E-state index contributed by atoms with van der Waals surface area (Å²) in [6.45, 7) is 23.1. The molecular weight excluding hydrogens is 1100 g/mol. The number of β-amino-alcohol motifs (C(OH)–C–C–N with tert-alkyl or cyclic N) is 1. The molecule has 7 unspecified atom stereocenters. The zero-order chi connectivity index (χ0) is 60.1. The summed E-state index contributed by atoms with van der Waals surface area (Å²) < 4.78 is 22.3. The summed E-state index contributed by atoms with van der Waals surface area (Å²) in [5, 5.41) is 59.3. The molecule has 6 heterocycles. The summed E-state index contributed by atoms with van der Waals surface area (Å²) in [5.74, 6) is -2.57. The Morgan fingerprint density at radius 1 is 0.679 bits per heavy atom. The minimum absolute atomic E-state index is 0.0559. The van der Waals surface area contributed by atoms with E-state index in [0.29, 0.717) is 38.3 Å². The van der Waals surface area contributed by atoms with Crippen LogP contribution in [0.25, 0.3) is 12.2 Å². The Labute approximate surface area is 492 Å². The molecule has 0 aliphatic carbocycles. The van der Waals surface area contributed by atoms with E-state index in [-0.39, 0.29) is 73.6 Å². The molecule has 2 aromatic heterocycles. The van der Waals surface area contributed by atoms with Crippen molar-refractivity contribution in [2.45, 2.75) is 208 Å². The normalized spacial score (nSPS) is 33.9. The lowest BCUT2D eigenvalue weighted by atomic mass is 9.73. The standard InChI is InChI=1S/C32H50N2O8S2.C28H44N2O6S/c1-19-9-8-10-24-25(34(24)11-12-40-31(39)41-13-14-43-7)16-26(20(2)15-23-18-44-22(4)33-23)42-28(36)17-27(35)32(5,6)30(38)21(3)29(19)37;1-16-8-7-9-21-22(30(21)10-11-31)13-23(17(2)12-20-15-37-19(4)29-20)36-25(33)14-24(32)28(5,6)27(35)18(3)26(16)34/h15,18-19,21,24-27,29,35,37H,8-14,16-17H2,1-7H3;12,15-16,18,21-24,26,31-32,34H,7-11,13-14H2,1-6H3/b20-15+;17-12+/t19-,21+,24+,25-,26?,27-,29-,34?;16?,18?,21-,22+,23?,24?,26+,30?/m01/s1. The summed E-state index contributed by atoms with van der Waals surface area (Å²) in [4.78, 5) is 78.4. The predicted molar refractivity (Wildman–Crippen MR) is 317 cm³/mol. The fourth-order valence-electron chi connectivity index (χ4n) is 11.7. The van der Waals surface area contributed by atoms with Gasteiger partial charge in [-0.2, -0.15) is 11.8 Å². The van der Waals surface area contributed by atoms with Crippen molar-refractivity contribution in [3.8, 4) is 0 Å². The maximum absolute atomic E-state index is 13.4. The quantitative estimate of drug-likeness (QED) is 0.0580. The number of carbonyl (C=O) groups is 5. The number of ether oxygens (including phenoxy) is 4. The minimum atomic E-state index is -1.27. The summed E-state index contributed by atoms with van der Waals surface area (Å²) >= 11 is 4.68. The summed E-state index contributed by atoms with van der Waals surface area (Å²) in [5.41, 5.74) is 0.844. The number of hydrogen-bond donors (Lipinski definition) is 5. The molecule has 0 radical (unpaired) electrons. The second-order valence-electron chi connectivity index (χ2n) is 24.2. The number of aromatic nitrogens is 2. The van der Waals surface area contributed by atoms with Crippen LogP contribution in [0.1, 0.15) is 155 Å². The van der Waals surface area contributed by atoms with Gasteiger partial charge in [0.25, 0.3) is 0 Å². The highest BCUT2D eigenvalue weighted by atomic mass is 32.2. The Bertz CT molecular complexity index is 2460. The lowest BCUT2D eigenvalue weighted by Gasteiger charge is -2.34. The molecule has 2 aromatic rings. The molecule has 0 amide bonds. The van der Waals surface area contributed by atoms with Crippen LogP contribution in [0.15, 0.2) is 21.9 Å². The third-order valence-corrected chi connectivity index (χ3v) is 19.5. The van der Waals surface area contributed by atoms with Crippen LogP contribution in [-0.4, -0.2) is 181 Å². The molecule has 6 rings (SSSR count). The van der Waals surface area contributed by atoms with E-state index >= 15 is 0 Å². The Kier molecular flexibility index (Phi) is 26.0. The highest BCUT2D eigenvalue weighted by Crippen LogP contribution is 2.41. The topological polar surface area (TPSA) is 255 Å². The van der Waals surface area contributed by atoms with Crippen molar-refractivity contribution in [3.63, 3.8) is 0 Å². The van der Waals surface area contributed by atoms with Crippen LogP contribution in [-0.2, 0) is 38.1 Å². The van der Waals surface area contributed by atoms with Gasteiger partial charge >= 0.3 is 18.1 Å². The van der Waals surface area contributed by atoms with Gasteiger partial charge in [-0.25, -0.2) is 14.8 Å². The molecule has 4 aliphatic heterocycles. The first-order valence-corrected chi connectivity index (χ1v) is 32.1. The van der Waals surface area contributed by atoms with E-state index in [4.69, 9.17) is 18.9 Å². The molecule has 4 saturated heterocycles. The van der Waals surface area contributed by atoms with Gasteiger partial charge in [0.2, 0.25) is 0 Å². The molecule has 4 fully saturated rings.